The fourth-order valence-electron chi connectivity index (χ4n) is 3.40. The summed E-state index contributed by atoms with van der Waals surface area (Å²) in [6.07, 6.45) is -1.33. The van der Waals surface area contributed by atoms with Crippen molar-refractivity contribution in [2.45, 2.75) is 45.5 Å². The van der Waals surface area contributed by atoms with Crippen molar-refractivity contribution >= 4 is 35.2 Å². The van der Waals surface area contributed by atoms with Crippen molar-refractivity contribution in [3.8, 4) is 0 Å². The molecule has 29 heavy (non-hydrogen) atoms. The van der Waals surface area contributed by atoms with Crippen molar-refractivity contribution in [2.24, 2.45) is 0 Å². The van der Waals surface area contributed by atoms with Crippen molar-refractivity contribution < 1.29 is 14.3 Å². The van der Waals surface area contributed by atoms with Crippen LogP contribution < -0.4 is 0 Å². The second-order valence-corrected chi connectivity index (χ2v) is 8.86. The molecule has 0 aliphatic carbocycles. The molecule has 2 atom stereocenters. The van der Waals surface area contributed by atoms with Crippen LogP contribution in [0.15, 0.2) is 48.5 Å². The predicted molar refractivity (Wildman–Crippen MR) is 114 cm³/mol. The monoisotopic (exact) mass is 434 g/mol. The standard InChI is InChI=1S/C22H24Cl2N2O3/c1-14(15-8-6-5-7-9-15)25-13-19(27)26(21(28)29-22(2,3)4)20(25)16-10-11-17(23)18(24)12-16/h5-12,14,20H,13H2,1-4H3/t14-,20?/m1/s1. The van der Waals surface area contributed by atoms with Gasteiger partial charge in [-0.1, -0.05) is 59.6 Å². The molecule has 7 heteroatoms. The van der Waals surface area contributed by atoms with Gasteiger partial charge in [-0.3, -0.25) is 9.69 Å². The molecule has 154 valence electrons. The van der Waals surface area contributed by atoms with E-state index in [1.165, 1.54) is 4.90 Å². The lowest BCUT2D eigenvalue weighted by molar-refractivity contribution is -0.127. The SMILES string of the molecule is C[C@H](c1ccccc1)N1CC(=O)N(C(=O)OC(C)(C)C)C1c1ccc(Cl)c(Cl)c1. The Kier molecular flexibility index (Phi) is 6.22. The minimum Gasteiger partial charge on any atom is -0.443 e. The molecule has 3 rings (SSSR count). The minimum atomic E-state index is -0.724. The van der Waals surface area contributed by atoms with E-state index in [0.29, 0.717) is 15.6 Å². The zero-order chi connectivity index (χ0) is 21.3. The van der Waals surface area contributed by atoms with E-state index in [0.717, 1.165) is 5.56 Å². The number of halogens is 2. The molecule has 0 spiro atoms. The lowest BCUT2D eigenvalue weighted by atomic mass is 10.0. The number of carbonyl (C=O) groups is 2. The van der Waals surface area contributed by atoms with Crippen LogP contribution in [0.25, 0.3) is 0 Å². The van der Waals surface area contributed by atoms with Gasteiger partial charge in [-0.25, -0.2) is 9.69 Å². The van der Waals surface area contributed by atoms with Gasteiger partial charge in [0.1, 0.15) is 11.8 Å². The molecule has 1 unspecified atom stereocenters. The van der Waals surface area contributed by atoms with E-state index in [-0.39, 0.29) is 18.5 Å². The van der Waals surface area contributed by atoms with Gasteiger partial charge in [0.05, 0.1) is 16.6 Å². The highest BCUT2D eigenvalue weighted by atomic mass is 35.5. The largest absolute Gasteiger partial charge is 0.443 e. The van der Waals surface area contributed by atoms with Crippen molar-refractivity contribution in [3.05, 3.63) is 69.7 Å². The molecule has 1 saturated heterocycles. The summed E-state index contributed by atoms with van der Waals surface area (Å²) in [5, 5.41) is 0.770. The summed E-state index contributed by atoms with van der Waals surface area (Å²) in [5.74, 6) is -0.321. The van der Waals surface area contributed by atoms with Crippen LogP contribution in [0.5, 0.6) is 0 Å². The Morgan fingerprint density at radius 2 is 1.76 bits per heavy atom. The number of carbonyl (C=O) groups excluding carboxylic acids is 2. The Morgan fingerprint density at radius 3 is 2.34 bits per heavy atom. The maximum Gasteiger partial charge on any atom is 0.418 e. The van der Waals surface area contributed by atoms with Crippen LogP contribution in [0.3, 0.4) is 0 Å². The first-order valence-electron chi connectivity index (χ1n) is 9.39. The molecule has 1 fully saturated rings. The quantitative estimate of drug-likeness (QED) is 0.609. The molecule has 1 aliphatic heterocycles. The second-order valence-electron chi connectivity index (χ2n) is 8.05. The van der Waals surface area contributed by atoms with E-state index in [4.69, 9.17) is 27.9 Å². The zero-order valence-corrected chi connectivity index (χ0v) is 18.4. The van der Waals surface area contributed by atoms with Crippen molar-refractivity contribution in [1.29, 1.82) is 0 Å². The van der Waals surface area contributed by atoms with Crippen molar-refractivity contribution in [3.63, 3.8) is 0 Å². The fraction of sp³-hybridized carbons (Fsp3) is 0.364. The Balaban J connectivity index is 2.04. The number of hydrogen-bond donors (Lipinski definition) is 0. The summed E-state index contributed by atoms with van der Waals surface area (Å²) < 4.78 is 5.51. The van der Waals surface area contributed by atoms with Gasteiger partial charge in [-0.15, -0.1) is 0 Å². The molecule has 1 heterocycles. The number of hydrogen-bond acceptors (Lipinski definition) is 4. The van der Waals surface area contributed by atoms with E-state index in [2.05, 4.69) is 0 Å². The maximum absolute atomic E-state index is 12.9. The van der Waals surface area contributed by atoms with Crippen LogP contribution in [0.4, 0.5) is 4.79 Å². The van der Waals surface area contributed by atoms with Gasteiger partial charge in [0.15, 0.2) is 0 Å². The summed E-state index contributed by atoms with van der Waals surface area (Å²) in [5.41, 5.74) is 1.01. The number of amides is 2. The van der Waals surface area contributed by atoms with Crippen LogP contribution in [0.1, 0.15) is 51.0 Å². The number of ether oxygens (including phenoxy) is 1. The number of imide groups is 1. The summed E-state index contributed by atoms with van der Waals surface area (Å²) in [4.78, 5) is 28.9. The lowest BCUT2D eigenvalue weighted by Crippen LogP contribution is -2.41. The first-order chi connectivity index (χ1) is 13.6. The summed E-state index contributed by atoms with van der Waals surface area (Å²) in [6.45, 7) is 7.39. The molecule has 0 bridgehead atoms. The van der Waals surface area contributed by atoms with E-state index in [1.54, 1.807) is 39.0 Å². The number of rotatable bonds is 3. The van der Waals surface area contributed by atoms with Crippen LogP contribution in [-0.4, -0.2) is 33.9 Å². The van der Waals surface area contributed by atoms with E-state index in [1.807, 2.05) is 42.2 Å². The minimum absolute atomic E-state index is 0.0835. The topological polar surface area (TPSA) is 49.9 Å². The van der Waals surface area contributed by atoms with Gasteiger partial charge in [-0.05, 0) is 51.0 Å². The van der Waals surface area contributed by atoms with Gasteiger partial charge in [0.25, 0.3) is 0 Å². The molecule has 0 aromatic heterocycles. The van der Waals surface area contributed by atoms with Crippen LogP contribution in [0.2, 0.25) is 10.0 Å². The van der Waals surface area contributed by atoms with Crippen molar-refractivity contribution in [2.75, 3.05) is 6.54 Å². The lowest BCUT2D eigenvalue weighted by Gasteiger charge is -2.34. The molecule has 2 aromatic rings. The Hall–Kier alpha value is -2.08. The number of benzene rings is 2. The zero-order valence-electron chi connectivity index (χ0n) is 16.9. The molecule has 5 nitrogen and oxygen atoms in total. The molecule has 2 amide bonds. The molecule has 0 radical (unpaired) electrons. The molecule has 0 saturated carbocycles. The van der Waals surface area contributed by atoms with Gasteiger partial charge in [0.2, 0.25) is 5.91 Å². The van der Waals surface area contributed by atoms with Crippen LogP contribution >= 0.6 is 23.2 Å². The average molecular weight is 435 g/mol. The van der Waals surface area contributed by atoms with Gasteiger partial charge in [0, 0.05) is 6.04 Å². The Labute approximate surface area is 181 Å². The highest BCUT2D eigenvalue weighted by Crippen LogP contribution is 2.40. The first kappa shape index (κ1) is 21.6. The summed E-state index contributed by atoms with van der Waals surface area (Å²) >= 11 is 12.3. The summed E-state index contributed by atoms with van der Waals surface area (Å²) in [7, 11) is 0. The van der Waals surface area contributed by atoms with E-state index < -0.39 is 17.9 Å². The highest BCUT2D eigenvalue weighted by Gasteiger charge is 2.46. The van der Waals surface area contributed by atoms with Gasteiger partial charge in [-0.2, -0.15) is 0 Å². The first-order valence-corrected chi connectivity index (χ1v) is 10.1. The molecule has 0 N–H and O–H groups in total. The van der Waals surface area contributed by atoms with Gasteiger partial charge >= 0.3 is 6.09 Å². The Bertz CT molecular complexity index is 912. The van der Waals surface area contributed by atoms with E-state index in [9.17, 15) is 9.59 Å². The summed E-state index contributed by atoms with van der Waals surface area (Å²) in [6, 6.07) is 14.8. The molecule has 2 aromatic carbocycles. The number of nitrogens with zero attached hydrogens (tertiary/aromatic N) is 2. The third kappa shape index (κ3) is 4.74. The van der Waals surface area contributed by atoms with Gasteiger partial charge < -0.3 is 4.74 Å². The van der Waals surface area contributed by atoms with E-state index >= 15 is 0 Å². The van der Waals surface area contributed by atoms with Crippen LogP contribution in [-0.2, 0) is 9.53 Å². The van der Waals surface area contributed by atoms with Crippen LogP contribution in [0, 0.1) is 0 Å². The Morgan fingerprint density at radius 1 is 1.10 bits per heavy atom. The maximum atomic E-state index is 12.9. The predicted octanol–water partition coefficient (Wildman–Crippen LogP) is 5.83. The second kappa shape index (κ2) is 8.34. The molecular weight excluding hydrogens is 411 g/mol. The average Bonchev–Trinajstić information content (AvgIpc) is 3.00. The third-order valence-electron chi connectivity index (χ3n) is 4.76. The fourth-order valence-corrected chi connectivity index (χ4v) is 3.71. The molecular formula is C22H24Cl2N2O3. The smallest absolute Gasteiger partial charge is 0.418 e. The normalized spacial score (nSPS) is 18.8. The third-order valence-corrected chi connectivity index (χ3v) is 5.50. The molecule has 1 aliphatic rings. The highest BCUT2D eigenvalue weighted by molar-refractivity contribution is 6.42. The van der Waals surface area contributed by atoms with Crippen molar-refractivity contribution in [1.82, 2.24) is 9.80 Å².